The van der Waals surface area contributed by atoms with Crippen molar-refractivity contribution in [3.63, 3.8) is 0 Å². The summed E-state index contributed by atoms with van der Waals surface area (Å²) in [6.07, 6.45) is 3.55. The van der Waals surface area contributed by atoms with E-state index in [2.05, 4.69) is 20.4 Å². The van der Waals surface area contributed by atoms with Crippen molar-refractivity contribution in [2.24, 2.45) is 23.2 Å². The number of hydrogen-bond acceptors (Lipinski definition) is 4. The van der Waals surface area contributed by atoms with Crippen molar-refractivity contribution in [2.45, 2.75) is 39.5 Å². The van der Waals surface area contributed by atoms with Crippen molar-refractivity contribution in [2.75, 3.05) is 6.61 Å². The van der Waals surface area contributed by atoms with Crippen LogP contribution in [0.5, 0.6) is 5.75 Å². The SMILES string of the molecule is C=C1CCC2[C@@H](C)C(=O)CC[C@@]2(C)[C@@H]1COc1ccc2ccc(=O)oc2c1. The topological polar surface area (TPSA) is 56.5 Å². The van der Waals surface area contributed by atoms with Crippen LogP contribution in [0.2, 0.25) is 0 Å². The van der Waals surface area contributed by atoms with E-state index in [1.54, 1.807) is 12.1 Å². The van der Waals surface area contributed by atoms with E-state index >= 15 is 0 Å². The Bertz CT molecular complexity index is 956. The Morgan fingerprint density at radius 3 is 2.81 bits per heavy atom. The predicted molar refractivity (Wildman–Crippen MR) is 105 cm³/mol. The smallest absolute Gasteiger partial charge is 0.336 e. The van der Waals surface area contributed by atoms with Crippen LogP contribution in [0.15, 0.2) is 51.7 Å². The largest absolute Gasteiger partial charge is 0.493 e. The molecule has 27 heavy (non-hydrogen) atoms. The normalized spacial score (nSPS) is 31.0. The molecule has 2 aliphatic carbocycles. The van der Waals surface area contributed by atoms with Gasteiger partial charge in [0.1, 0.15) is 17.1 Å². The minimum absolute atomic E-state index is 0.0477. The maximum absolute atomic E-state index is 12.2. The van der Waals surface area contributed by atoms with Gasteiger partial charge in [-0.15, -0.1) is 0 Å². The Hall–Kier alpha value is -2.36. The van der Waals surface area contributed by atoms with Crippen LogP contribution in [0.25, 0.3) is 11.0 Å². The number of benzene rings is 1. The molecule has 2 saturated carbocycles. The molecule has 4 heteroatoms. The fourth-order valence-corrected chi connectivity index (χ4v) is 5.21. The van der Waals surface area contributed by atoms with Gasteiger partial charge in [0.2, 0.25) is 0 Å². The zero-order valence-corrected chi connectivity index (χ0v) is 16.0. The Morgan fingerprint density at radius 2 is 2.00 bits per heavy atom. The van der Waals surface area contributed by atoms with E-state index in [-0.39, 0.29) is 22.9 Å². The molecule has 0 amide bonds. The summed E-state index contributed by atoms with van der Waals surface area (Å²) in [5, 5.41) is 0.871. The number of carbonyl (C=O) groups excluding carboxylic acids is 1. The van der Waals surface area contributed by atoms with Gasteiger partial charge in [-0.05, 0) is 48.8 Å². The second kappa shape index (κ2) is 6.66. The first-order chi connectivity index (χ1) is 12.9. The molecule has 0 radical (unpaired) electrons. The number of ether oxygens (including phenoxy) is 1. The van der Waals surface area contributed by atoms with Crippen LogP contribution in [-0.2, 0) is 4.79 Å². The average molecular weight is 366 g/mol. The molecule has 2 aliphatic rings. The van der Waals surface area contributed by atoms with E-state index in [1.807, 2.05) is 12.1 Å². The Kier molecular flexibility index (Phi) is 4.45. The molecule has 0 saturated heterocycles. The van der Waals surface area contributed by atoms with Crippen LogP contribution in [0.1, 0.15) is 39.5 Å². The number of carbonyl (C=O) groups is 1. The van der Waals surface area contributed by atoms with Crippen molar-refractivity contribution >= 4 is 16.8 Å². The van der Waals surface area contributed by atoms with Crippen molar-refractivity contribution < 1.29 is 13.9 Å². The monoisotopic (exact) mass is 366 g/mol. The number of Topliss-reactive ketones (excluding diaryl/α,β-unsaturated/α-hetero) is 1. The lowest BCUT2D eigenvalue weighted by atomic mass is 9.51. The molecule has 1 unspecified atom stereocenters. The summed E-state index contributed by atoms with van der Waals surface area (Å²) in [7, 11) is 0. The van der Waals surface area contributed by atoms with Gasteiger partial charge in [-0.1, -0.05) is 26.0 Å². The zero-order chi connectivity index (χ0) is 19.2. The van der Waals surface area contributed by atoms with Gasteiger partial charge in [-0.25, -0.2) is 4.79 Å². The summed E-state index contributed by atoms with van der Waals surface area (Å²) >= 11 is 0. The molecule has 2 aromatic rings. The van der Waals surface area contributed by atoms with E-state index in [0.717, 1.165) is 24.6 Å². The fraction of sp³-hybridized carbons (Fsp3) is 0.478. The summed E-state index contributed by atoms with van der Waals surface area (Å²) < 4.78 is 11.4. The molecule has 1 aromatic heterocycles. The number of hydrogen-bond donors (Lipinski definition) is 0. The van der Waals surface area contributed by atoms with Crippen LogP contribution in [0, 0.1) is 23.2 Å². The first kappa shape index (κ1) is 18.0. The van der Waals surface area contributed by atoms with Gasteiger partial charge < -0.3 is 9.15 Å². The van der Waals surface area contributed by atoms with Gasteiger partial charge in [0.25, 0.3) is 0 Å². The van der Waals surface area contributed by atoms with Crippen molar-refractivity contribution in [1.82, 2.24) is 0 Å². The number of fused-ring (bicyclic) bond motifs is 2. The molecule has 4 rings (SSSR count). The minimum Gasteiger partial charge on any atom is -0.493 e. The van der Waals surface area contributed by atoms with E-state index < -0.39 is 0 Å². The van der Waals surface area contributed by atoms with Crippen LogP contribution >= 0.6 is 0 Å². The Morgan fingerprint density at radius 1 is 1.22 bits per heavy atom. The standard InChI is InChI=1S/C23H26O4/c1-14-4-8-18-15(2)20(24)10-11-23(18,3)19(14)13-26-17-7-5-16-6-9-22(25)27-21(16)12-17/h5-7,9,12,15,18-19H,1,4,8,10-11,13H2,2-3H3/t15-,18?,19-,23-/m1/s1. The highest BCUT2D eigenvalue weighted by Gasteiger charge is 2.51. The maximum atomic E-state index is 12.2. The first-order valence-electron chi connectivity index (χ1n) is 9.75. The minimum atomic E-state index is -0.364. The molecule has 2 fully saturated rings. The van der Waals surface area contributed by atoms with Gasteiger partial charge in [0, 0.05) is 35.8 Å². The molecule has 1 heterocycles. The summed E-state index contributed by atoms with van der Waals surface area (Å²) in [5.74, 6) is 1.83. The molecule has 0 aliphatic heterocycles. The molecule has 0 spiro atoms. The summed E-state index contributed by atoms with van der Waals surface area (Å²) in [4.78, 5) is 23.7. The molecular formula is C23H26O4. The van der Waals surface area contributed by atoms with E-state index in [0.29, 0.717) is 36.1 Å². The Labute approximate surface area is 159 Å². The van der Waals surface area contributed by atoms with Gasteiger partial charge in [0.05, 0.1) is 6.61 Å². The highest BCUT2D eigenvalue weighted by molar-refractivity contribution is 5.82. The highest BCUT2D eigenvalue weighted by atomic mass is 16.5. The lowest BCUT2D eigenvalue weighted by molar-refractivity contribution is -0.134. The molecule has 1 aromatic carbocycles. The third kappa shape index (κ3) is 3.11. The Balaban J connectivity index is 1.56. The van der Waals surface area contributed by atoms with Crippen molar-refractivity contribution in [3.05, 3.63) is 52.9 Å². The second-order valence-electron chi connectivity index (χ2n) is 8.38. The van der Waals surface area contributed by atoms with Gasteiger partial charge in [-0.2, -0.15) is 0 Å². The second-order valence-corrected chi connectivity index (χ2v) is 8.38. The van der Waals surface area contributed by atoms with Gasteiger partial charge in [-0.3, -0.25) is 4.79 Å². The van der Waals surface area contributed by atoms with Crippen LogP contribution in [0.4, 0.5) is 0 Å². The van der Waals surface area contributed by atoms with Gasteiger partial charge >= 0.3 is 5.63 Å². The summed E-state index contributed by atoms with van der Waals surface area (Å²) in [6, 6.07) is 8.74. The number of rotatable bonds is 3. The predicted octanol–water partition coefficient (Wildman–Crippen LogP) is 4.76. The molecular weight excluding hydrogens is 340 g/mol. The third-order valence-electron chi connectivity index (χ3n) is 6.95. The van der Waals surface area contributed by atoms with Crippen LogP contribution in [0.3, 0.4) is 0 Å². The maximum Gasteiger partial charge on any atom is 0.336 e. The van der Waals surface area contributed by atoms with Crippen molar-refractivity contribution in [3.8, 4) is 5.75 Å². The van der Waals surface area contributed by atoms with Crippen molar-refractivity contribution in [1.29, 1.82) is 0 Å². The van der Waals surface area contributed by atoms with Crippen LogP contribution < -0.4 is 10.4 Å². The molecule has 142 valence electrons. The van der Waals surface area contributed by atoms with E-state index in [4.69, 9.17) is 9.15 Å². The first-order valence-corrected chi connectivity index (χ1v) is 9.75. The molecule has 4 atom stereocenters. The average Bonchev–Trinajstić information content (AvgIpc) is 2.64. The lowest BCUT2D eigenvalue weighted by Gasteiger charge is -2.53. The fourth-order valence-electron chi connectivity index (χ4n) is 5.21. The van der Waals surface area contributed by atoms with Crippen LogP contribution in [-0.4, -0.2) is 12.4 Å². The van der Waals surface area contributed by atoms with E-state index in [9.17, 15) is 9.59 Å². The molecule has 4 nitrogen and oxygen atoms in total. The zero-order valence-electron chi connectivity index (χ0n) is 16.0. The highest BCUT2D eigenvalue weighted by Crippen LogP contribution is 2.55. The summed E-state index contributed by atoms with van der Waals surface area (Å²) in [6.45, 7) is 9.25. The van der Waals surface area contributed by atoms with Gasteiger partial charge in [0.15, 0.2) is 0 Å². The summed E-state index contributed by atoms with van der Waals surface area (Å²) in [5.41, 5.74) is 1.44. The number of ketones is 1. The third-order valence-corrected chi connectivity index (χ3v) is 6.95. The lowest BCUT2D eigenvalue weighted by Crippen LogP contribution is -2.49. The quantitative estimate of drug-likeness (QED) is 0.580. The van der Waals surface area contributed by atoms with E-state index in [1.165, 1.54) is 11.6 Å². The molecule has 0 N–H and O–H groups in total. The molecule has 0 bridgehead atoms.